The maximum absolute atomic E-state index is 13.1. The van der Waals surface area contributed by atoms with E-state index in [4.69, 9.17) is 4.74 Å². The third-order valence-electron chi connectivity index (χ3n) is 4.95. The molecule has 0 radical (unpaired) electrons. The van der Waals surface area contributed by atoms with Crippen LogP contribution in [0.4, 0.5) is 19.0 Å². The van der Waals surface area contributed by atoms with Crippen LogP contribution in [0.5, 0.6) is 0 Å². The van der Waals surface area contributed by atoms with Gasteiger partial charge >= 0.3 is 6.18 Å². The summed E-state index contributed by atoms with van der Waals surface area (Å²) in [5.41, 5.74) is 2.67. The molecule has 0 unspecified atom stereocenters. The van der Waals surface area contributed by atoms with Crippen LogP contribution in [0.2, 0.25) is 0 Å². The number of aromatic nitrogens is 5. The number of imidazole rings is 1. The summed E-state index contributed by atoms with van der Waals surface area (Å²) < 4.78 is 45.6. The van der Waals surface area contributed by atoms with Crippen molar-refractivity contribution in [3.63, 3.8) is 0 Å². The summed E-state index contributed by atoms with van der Waals surface area (Å²) in [5, 5.41) is 0. The maximum atomic E-state index is 13.1. The molecule has 1 fully saturated rings. The second-order valence-corrected chi connectivity index (χ2v) is 7.77. The molecule has 1 saturated heterocycles. The third-order valence-corrected chi connectivity index (χ3v) is 4.95. The average Bonchev–Trinajstić information content (AvgIpc) is 3.09. The van der Waals surface area contributed by atoms with Gasteiger partial charge in [0.15, 0.2) is 17.0 Å². The number of aryl methyl sites for hydroxylation is 1. The van der Waals surface area contributed by atoms with Gasteiger partial charge in [-0.25, -0.2) is 15.0 Å². The van der Waals surface area contributed by atoms with Gasteiger partial charge in [0, 0.05) is 32.0 Å². The molecule has 1 aliphatic rings. The Morgan fingerprint density at radius 1 is 1.13 bits per heavy atom. The predicted molar refractivity (Wildman–Crippen MR) is 109 cm³/mol. The second-order valence-electron chi connectivity index (χ2n) is 7.77. The standard InChI is InChI=1S/C20H24F3N7O/c1-14-7-15(9-24-8-14)10-28(2)11-16-26-18(29-3-5-31-6-4-29)17-19(27-16)30(13-25-17)12-20(21,22)23/h7-9,13H,3-6,10-12H2,1-2H3. The quantitative estimate of drug-likeness (QED) is 0.589. The fraction of sp³-hybridized carbons (Fsp3) is 0.500. The Labute approximate surface area is 177 Å². The zero-order valence-corrected chi connectivity index (χ0v) is 17.4. The van der Waals surface area contributed by atoms with Crippen LogP contribution in [-0.4, -0.2) is 68.9 Å². The first-order valence-corrected chi connectivity index (χ1v) is 9.99. The lowest BCUT2D eigenvalue weighted by atomic mass is 10.2. The van der Waals surface area contributed by atoms with Gasteiger partial charge < -0.3 is 14.2 Å². The molecule has 166 valence electrons. The molecule has 0 atom stereocenters. The Balaban J connectivity index is 1.65. The van der Waals surface area contributed by atoms with Crippen molar-refractivity contribution in [1.82, 2.24) is 29.4 Å². The van der Waals surface area contributed by atoms with Crippen molar-refractivity contribution in [2.75, 3.05) is 38.3 Å². The molecule has 3 aromatic rings. The van der Waals surface area contributed by atoms with Crippen LogP contribution in [0.25, 0.3) is 11.2 Å². The van der Waals surface area contributed by atoms with Gasteiger partial charge in [-0.05, 0) is 25.1 Å². The normalized spacial score (nSPS) is 15.2. The number of alkyl halides is 3. The van der Waals surface area contributed by atoms with E-state index in [1.54, 1.807) is 12.4 Å². The molecule has 8 nitrogen and oxygen atoms in total. The van der Waals surface area contributed by atoms with Gasteiger partial charge in [-0.15, -0.1) is 0 Å². The highest BCUT2D eigenvalue weighted by Gasteiger charge is 2.30. The molecular weight excluding hydrogens is 411 g/mol. The van der Waals surface area contributed by atoms with Gasteiger partial charge in [0.25, 0.3) is 0 Å². The van der Waals surface area contributed by atoms with E-state index in [0.29, 0.717) is 56.6 Å². The number of ether oxygens (including phenoxy) is 1. The molecule has 31 heavy (non-hydrogen) atoms. The first-order chi connectivity index (χ1) is 14.8. The molecule has 3 aromatic heterocycles. The Bertz CT molecular complexity index is 1050. The SMILES string of the molecule is Cc1cncc(CN(C)Cc2nc(N3CCOCC3)c3ncn(CC(F)(F)F)c3n2)c1. The molecule has 11 heteroatoms. The van der Waals surface area contributed by atoms with Crippen molar-refractivity contribution in [3.05, 3.63) is 41.7 Å². The number of nitrogens with zero attached hydrogens (tertiary/aromatic N) is 7. The van der Waals surface area contributed by atoms with Gasteiger partial charge in [-0.2, -0.15) is 13.2 Å². The van der Waals surface area contributed by atoms with Crippen LogP contribution in [0.1, 0.15) is 17.0 Å². The Hall–Kier alpha value is -2.79. The van der Waals surface area contributed by atoms with E-state index >= 15 is 0 Å². The topological polar surface area (TPSA) is 72.2 Å². The van der Waals surface area contributed by atoms with E-state index in [2.05, 4.69) is 19.9 Å². The summed E-state index contributed by atoms with van der Waals surface area (Å²) in [6.45, 7) is 4.08. The van der Waals surface area contributed by atoms with E-state index in [9.17, 15) is 13.2 Å². The molecular formula is C20H24F3N7O. The zero-order chi connectivity index (χ0) is 22.0. The minimum Gasteiger partial charge on any atom is -0.378 e. The van der Waals surface area contributed by atoms with Gasteiger partial charge in [0.2, 0.25) is 0 Å². The largest absolute Gasteiger partial charge is 0.406 e. The van der Waals surface area contributed by atoms with Gasteiger partial charge in [-0.3, -0.25) is 9.88 Å². The molecule has 0 aliphatic carbocycles. The highest BCUT2D eigenvalue weighted by molar-refractivity contribution is 5.83. The first kappa shape index (κ1) is 21.4. The minimum atomic E-state index is -4.37. The Kier molecular flexibility index (Phi) is 6.05. The predicted octanol–water partition coefficient (Wildman–Crippen LogP) is 2.56. The zero-order valence-electron chi connectivity index (χ0n) is 17.4. The van der Waals surface area contributed by atoms with Crippen molar-refractivity contribution in [3.8, 4) is 0 Å². The fourth-order valence-electron chi connectivity index (χ4n) is 3.66. The van der Waals surface area contributed by atoms with Gasteiger partial charge in [0.05, 0.1) is 26.1 Å². The summed E-state index contributed by atoms with van der Waals surface area (Å²) in [4.78, 5) is 21.5. The van der Waals surface area contributed by atoms with E-state index in [-0.39, 0.29) is 5.65 Å². The molecule has 0 spiro atoms. The van der Waals surface area contributed by atoms with Crippen LogP contribution in [0.3, 0.4) is 0 Å². The number of hydrogen-bond donors (Lipinski definition) is 0. The maximum Gasteiger partial charge on any atom is 0.406 e. The van der Waals surface area contributed by atoms with Crippen LogP contribution >= 0.6 is 0 Å². The van der Waals surface area contributed by atoms with Crippen LogP contribution in [0.15, 0.2) is 24.8 Å². The van der Waals surface area contributed by atoms with E-state index in [0.717, 1.165) is 15.7 Å². The Morgan fingerprint density at radius 2 is 1.90 bits per heavy atom. The van der Waals surface area contributed by atoms with Crippen LogP contribution in [0, 0.1) is 6.92 Å². The third kappa shape index (κ3) is 5.28. The number of fused-ring (bicyclic) bond motifs is 1. The van der Waals surface area contributed by atoms with Crippen LogP contribution < -0.4 is 4.90 Å². The Morgan fingerprint density at radius 3 is 2.61 bits per heavy atom. The van der Waals surface area contributed by atoms with Crippen LogP contribution in [-0.2, 0) is 24.4 Å². The number of rotatable bonds is 6. The highest BCUT2D eigenvalue weighted by atomic mass is 19.4. The fourth-order valence-corrected chi connectivity index (χ4v) is 3.66. The van der Waals surface area contributed by atoms with Crippen molar-refractivity contribution < 1.29 is 17.9 Å². The number of anilines is 1. The molecule has 0 N–H and O–H groups in total. The molecule has 4 heterocycles. The van der Waals surface area contributed by atoms with Gasteiger partial charge in [0.1, 0.15) is 12.4 Å². The summed E-state index contributed by atoms with van der Waals surface area (Å²) in [7, 11) is 1.91. The summed E-state index contributed by atoms with van der Waals surface area (Å²) in [5.74, 6) is 0.996. The molecule has 0 amide bonds. The molecule has 0 saturated carbocycles. The lowest BCUT2D eigenvalue weighted by Crippen LogP contribution is -2.37. The monoisotopic (exact) mass is 435 g/mol. The molecule has 4 rings (SSSR count). The average molecular weight is 435 g/mol. The smallest absolute Gasteiger partial charge is 0.378 e. The van der Waals surface area contributed by atoms with E-state index in [1.807, 2.05) is 29.8 Å². The minimum absolute atomic E-state index is 0.189. The second kappa shape index (κ2) is 8.75. The van der Waals surface area contributed by atoms with Crippen molar-refractivity contribution in [2.45, 2.75) is 32.7 Å². The van der Waals surface area contributed by atoms with Crippen molar-refractivity contribution in [2.24, 2.45) is 0 Å². The number of hydrogen-bond acceptors (Lipinski definition) is 7. The lowest BCUT2D eigenvalue weighted by molar-refractivity contribution is -0.140. The molecule has 0 bridgehead atoms. The number of halogens is 3. The van der Waals surface area contributed by atoms with Crippen molar-refractivity contribution in [1.29, 1.82) is 0 Å². The summed E-state index contributed by atoms with van der Waals surface area (Å²) >= 11 is 0. The van der Waals surface area contributed by atoms with E-state index < -0.39 is 12.7 Å². The summed E-state index contributed by atoms with van der Waals surface area (Å²) in [6.07, 6.45) is 0.400. The first-order valence-electron chi connectivity index (χ1n) is 9.99. The summed E-state index contributed by atoms with van der Waals surface area (Å²) in [6, 6.07) is 2.05. The molecule has 0 aromatic carbocycles. The van der Waals surface area contributed by atoms with Gasteiger partial charge in [-0.1, -0.05) is 6.07 Å². The number of pyridine rings is 1. The lowest BCUT2D eigenvalue weighted by Gasteiger charge is -2.28. The highest BCUT2D eigenvalue weighted by Crippen LogP contribution is 2.26. The number of morpholine rings is 1. The van der Waals surface area contributed by atoms with Crippen molar-refractivity contribution >= 4 is 17.0 Å². The molecule has 1 aliphatic heterocycles. The van der Waals surface area contributed by atoms with E-state index in [1.165, 1.54) is 6.33 Å².